The van der Waals surface area contributed by atoms with Crippen LogP contribution in [0.25, 0.3) is 6.08 Å². The van der Waals surface area contributed by atoms with Crippen LogP contribution in [0.4, 0.5) is 23.8 Å². The van der Waals surface area contributed by atoms with Crippen molar-refractivity contribution in [2.24, 2.45) is 5.92 Å². The molecule has 2 atom stereocenters. The van der Waals surface area contributed by atoms with Gasteiger partial charge in [0.05, 0.1) is 6.04 Å². The van der Waals surface area contributed by atoms with E-state index in [2.05, 4.69) is 16.9 Å². The lowest BCUT2D eigenvalue weighted by Crippen LogP contribution is -2.50. The summed E-state index contributed by atoms with van der Waals surface area (Å²) in [5.41, 5.74) is 0.407. The molecule has 3 rings (SSSR count). The summed E-state index contributed by atoms with van der Waals surface area (Å²) < 4.78 is 48.5. The van der Waals surface area contributed by atoms with E-state index in [1.807, 2.05) is 0 Å². The number of pyridine rings is 1. The van der Waals surface area contributed by atoms with Gasteiger partial charge in [-0.2, -0.15) is 13.2 Å². The van der Waals surface area contributed by atoms with Gasteiger partial charge in [0, 0.05) is 12.7 Å². The Labute approximate surface area is 190 Å². The zero-order valence-electron chi connectivity index (χ0n) is 18.6. The number of alkyl carbamates (subject to hydrolysis) is 1. The Morgan fingerprint density at radius 3 is 2.58 bits per heavy atom. The molecule has 1 aromatic heterocycles. The molecule has 33 heavy (non-hydrogen) atoms. The average Bonchev–Trinajstić information content (AvgIpc) is 3.15. The minimum atomic E-state index is -4.96. The van der Waals surface area contributed by atoms with E-state index in [4.69, 9.17) is 4.74 Å². The third kappa shape index (κ3) is 5.71. The Hall–Kier alpha value is -3.36. The van der Waals surface area contributed by atoms with E-state index in [9.17, 15) is 22.8 Å². The number of carbonyl (C=O) groups excluding carboxylic acids is 2. The number of fused-ring (bicyclic) bond motifs is 1. The van der Waals surface area contributed by atoms with Gasteiger partial charge >= 0.3 is 12.3 Å². The zero-order chi connectivity index (χ0) is 24.4. The quantitative estimate of drug-likeness (QED) is 0.676. The first-order chi connectivity index (χ1) is 15.4. The van der Waals surface area contributed by atoms with Crippen LogP contribution in [-0.2, 0) is 16.0 Å². The number of nitrogens with zero attached hydrogens (tertiary/aromatic N) is 2. The highest BCUT2D eigenvalue weighted by molar-refractivity contribution is 5.97. The summed E-state index contributed by atoms with van der Waals surface area (Å²) >= 11 is 0. The molecule has 1 aliphatic heterocycles. The van der Waals surface area contributed by atoms with E-state index in [1.165, 1.54) is 24.4 Å². The zero-order valence-corrected chi connectivity index (χ0v) is 18.6. The van der Waals surface area contributed by atoms with Crippen LogP contribution in [0.2, 0.25) is 0 Å². The number of ether oxygens (including phenoxy) is 1. The van der Waals surface area contributed by atoms with Crippen LogP contribution < -0.4 is 10.2 Å². The first-order valence-electron chi connectivity index (χ1n) is 10.4. The normalized spacial score (nSPS) is 15.4. The lowest BCUT2D eigenvalue weighted by molar-refractivity contribution is -0.187. The summed E-state index contributed by atoms with van der Waals surface area (Å²) in [4.78, 5) is 31.0. The van der Waals surface area contributed by atoms with Crippen LogP contribution in [-0.4, -0.2) is 35.3 Å². The van der Waals surface area contributed by atoms with Gasteiger partial charge in [-0.1, -0.05) is 36.9 Å². The van der Waals surface area contributed by atoms with Crippen LogP contribution >= 0.6 is 0 Å². The van der Waals surface area contributed by atoms with E-state index < -0.39 is 35.7 Å². The predicted octanol–water partition coefficient (Wildman–Crippen LogP) is 5.06. The number of hydrogen-bond donors (Lipinski definition) is 1. The maximum Gasteiger partial charge on any atom is 0.408 e. The molecular weight excluding hydrogens is 435 g/mol. The van der Waals surface area contributed by atoms with Crippen molar-refractivity contribution >= 4 is 23.9 Å². The minimum absolute atomic E-state index is 0.0730. The number of rotatable bonds is 5. The maximum atomic E-state index is 14.4. The van der Waals surface area contributed by atoms with E-state index in [0.29, 0.717) is 17.5 Å². The molecule has 0 spiro atoms. The largest absolute Gasteiger partial charge is 0.444 e. The molecule has 2 aromatic rings. The van der Waals surface area contributed by atoms with Gasteiger partial charge in [0.1, 0.15) is 11.4 Å². The molecule has 1 aromatic carbocycles. The minimum Gasteiger partial charge on any atom is -0.444 e. The van der Waals surface area contributed by atoms with Gasteiger partial charge in [0.2, 0.25) is 5.91 Å². The number of aromatic nitrogens is 1. The molecule has 0 saturated heterocycles. The summed E-state index contributed by atoms with van der Waals surface area (Å²) in [6.45, 7) is 8.50. The lowest BCUT2D eigenvalue weighted by Gasteiger charge is -2.32. The van der Waals surface area contributed by atoms with Crippen molar-refractivity contribution in [2.45, 2.75) is 45.0 Å². The van der Waals surface area contributed by atoms with E-state index >= 15 is 0 Å². The van der Waals surface area contributed by atoms with Crippen molar-refractivity contribution in [2.75, 3.05) is 11.4 Å². The number of halogens is 3. The number of hydrogen-bond acceptors (Lipinski definition) is 4. The van der Waals surface area contributed by atoms with Gasteiger partial charge in [-0.25, -0.2) is 9.78 Å². The first-order valence-corrected chi connectivity index (χ1v) is 10.4. The van der Waals surface area contributed by atoms with Gasteiger partial charge < -0.3 is 10.1 Å². The van der Waals surface area contributed by atoms with Crippen molar-refractivity contribution in [3.8, 4) is 0 Å². The van der Waals surface area contributed by atoms with Crippen LogP contribution in [0.3, 0.4) is 0 Å². The Bertz CT molecular complexity index is 1050. The Morgan fingerprint density at radius 2 is 1.94 bits per heavy atom. The highest BCUT2D eigenvalue weighted by Gasteiger charge is 2.53. The van der Waals surface area contributed by atoms with Crippen molar-refractivity contribution in [1.29, 1.82) is 0 Å². The van der Waals surface area contributed by atoms with Crippen molar-refractivity contribution in [3.63, 3.8) is 0 Å². The number of amides is 2. The van der Waals surface area contributed by atoms with Crippen LogP contribution in [0.5, 0.6) is 0 Å². The molecule has 2 unspecified atom stereocenters. The molecule has 1 N–H and O–H groups in total. The molecule has 2 amide bonds. The summed E-state index contributed by atoms with van der Waals surface area (Å²) in [6.07, 6.45) is -2.72. The van der Waals surface area contributed by atoms with E-state index in [0.717, 1.165) is 4.90 Å². The van der Waals surface area contributed by atoms with Crippen molar-refractivity contribution in [3.05, 3.63) is 65.9 Å². The van der Waals surface area contributed by atoms with Crippen LogP contribution in [0.1, 0.15) is 43.5 Å². The predicted molar refractivity (Wildman–Crippen MR) is 118 cm³/mol. The Kier molecular flexibility index (Phi) is 6.81. The van der Waals surface area contributed by atoms with E-state index in [-0.39, 0.29) is 17.9 Å². The van der Waals surface area contributed by atoms with Crippen molar-refractivity contribution < 1.29 is 27.5 Å². The molecule has 0 fully saturated rings. The van der Waals surface area contributed by atoms with Gasteiger partial charge in [-0.05, 0) is 56.0 Å². The Balaban J connectivity index is 2.05. The molecule has 0 radical (unpaired) electrons. The SMILES string of the molecule is C=Cc1cccc(C(NC(=O)OC(C)(C)C)C(C(=O)N2CCc3cccnc32)C(F)(F)F)c1. The van der Waals surface area contributed by atoms with Crippen LogP contribution in [0.15, 0.2) is 49.2 Å². The summed E-state index contributed by atoms with van der Waals surface area (Å²) in [7, 11) is 0. The van der Waals surface area contributed by atoms with Gasteiger partial charge in [0.25, 0.3) is 0 Å². The van der Waals surface area contributed by atoms with Gasteiger partial charge in [0.15, 0.2) is 5.92 Å². The highest BCUT2D eigenvalue weighted by Crippen LogP contribution is 2.40. The molecule has 9 heteroatoms. The number of alkyl halides is 3. The molecule has 0 aliphatic carbocycles. The fraction of sp³-hybridized carbons (Fsp3) is 0.375. The molecule has 176 valence electrons. The third-order valence-corrected chi connectivity index (χ3v) is 5.12. The second-order valence-corrected chi connectivity index (χ2v) is 8.74. The fourth-order valence-electron chi connectivity index (χ4n) is 3.73. The maximum absolute atomic E-state index is 14.4. The summed E-state index contributed by atoms with van der Waals surface area (Å²) in [6, 6.07) is 7.76. The molecule has 0 saturated carbocycles. The fourth-order valence-corrected chi connectivity index (χ4v) is 3.73. The monoisotopic (exact) mass is 461 g/mol. The average molecular weight is 461 g/mol. The molecular formula is C24H26F3N3O3. The number of carbonyl (C=O) groups is 2. The molecule has 1 aliphatic rings. The molecule has 6 nitrogen and oxygen atoms in total. The smallest absolute Gasteiger partial charge is 0.408 e. The second-order valence-electron chi connectivity index (χ2n) is 8.74. The number of benzene rings is 1. The second kappa shape index (κ2) is 9.25. The topological polar surface area (TPSA) is 71.5 Å². The summed E-state index contributed by atoms with van der Waals surface area (Å²) in [5.74, 6) is -3.55. The van der Waals surface area contributed by atoms with Crippen LogP contribution in [0, 0.1) is 5.92 Å². The number of nitrogens with one attached hydrogen (secondary N) is 1. The summed E-state index contributed by atoms with van der Waals surface area (Å²) in [5, 5.41) is 2.29. The lowest BCUT2D eigenvalue weighted by atomic mass is 9.90. The Morgan fingerprint density at radius 1 is 1.21 bits per heavy atom. The van der Waals surface area contributed by atoms with Gasteiger partial charge in [-0.3, -0.25) is 9.69 Å². The molecule has 2 heterocycles. The highest BCUT2D eigenvalue weighted by atomic mass is 19.4. The van der Waals surface area contributed by atoms with E-state index in [1.54, 1.807) is 45.0 Å². The molecule has 0 bridgehead atoms. The standard InChI is InChI=1S/C24H26F3N3O3/c1-5-15-8-6-9-17(14-15)19(29-22(32)33-23(2,3)4)18(24(25,26)27)21(31)30-13-11-16-10-7-12-28-20(16)30/h5-10,12,14,18-19H,1,11,13H2,2-4H3,(H,29,32). The van der Waals surface area contributed by atoms with Gasteiger partial charge in [-0.15, -0.1) is 0 Å². The first kappa shape index (κ1) is 24.3. The number of anilines is 1. The van der Waals surface area contributed by atoms with Crippen molar-refractivity contribution in [1.82, 2.24) is 10.3 Å². The third-order valence-electron chi connectivity index (χ3n) is 5.12.